The summed E-state index contributed by atoms with van der Waals surface area (Å²) in [5, 5.41) is 9.99. The lowest BCUT2D eigenvalue weighted by atomic mass is 10.2. The number of ether oxygens (including phenoxy) is 2. The summed E-state index contributed by atoms with van der Waals surface area (Å²) < 4.78 is 10.6. The zero-order chi connectivity index (χ0) is 19.3. The second-order valence-corrected chi connectivity index (χ2v) is 7.09. The standard InChI is InChI=1S/C20H30N4O2S/c1-4-26-13-5-11-21-20(22-12-10-18-15-27-16(2)24-18)23-14-17-6-8-19(25-3)9-7-17/h6-9,15H,4-5,10-14H2,1-3H3,(H2,21,22,23). The highest BCUT2D eigenvalue weighted by atomic mass is 32.1. The normalized spacial score (nSPS) is 11.4. The summed E-state index contributed by atoms with van der Waals surface area (Å²) in [5.74, 6) is 1.67. The van der Waals surface area contributed by atoms with Gasteiger partial charge in [0, 0.05) is 38.1 Å². The van der Waals surface area contributed by atoms with Crippen molar-refractivity contribution < 1.29 is 9.47 Å². The lowest BCUT2D eigenvalue weighted by Gasteiger charge is -2.12. The Kier molecular flexibility index (Phi) is 9.65. The molecule has 0 saturated carbocycles. The third-order valence-corrected chi connectivity index (χ3v) is 4.70. The molecule has 7 heteroatoms. The molecule has 0 aliphatic carbocycles. The maximum atomic E-state index is 5.39. The SMILES string of the molecule is CCOCCCNC(=NCc1ccc(OC)cc1)NCCc1csc(C)n1. The number of guanidine groups is 1. The zero-order valence-electron chi connectivity index (χ0n) is 16.5. The summed E-state index contributed by atoms with van der Waals surface area (Å²) in [6.45, 7) is 7.78. The van der Waals surface area contributed by atoms with Crippen LogP contribution in [0, 0.1) is 6.92 Å². The molecular weight excluding hydrogens is 360 g/mol. The molecule has 1 aromatic carbocycles. The van der Waals surface area contributed by atoms with E-state index in [0.717, 1.165) is 67.1 Å². The average Bonchev–Trinajstić information content (AvgIpc) is 3.11. The van der Waals surface area contributed by atoms with Crippen molar-refractivity contribution in [3.05, 3.63) is 45.9 Å². The van der Waals surface area contributed by atoms with Crippen LogP contribution in [-0.2, 0) is 17.7 Å². The third kappa shape index (κ3) is 8.41. The number of nitrogens with zero attached hydrogens (tertiary/aromatic N) is 2. The van der Waals surface area contributed by atoms with Crippen molar-refractivity contribution in [2.75, 3.05) is 33.4 Å². The number of benzene rings is 1. The maximum Gasteiger partial charge on any atom is 0.191 e. The van der Waals surface area contributed by atoms with Crippen LogP contribution in [0.2, 0.25) is 0 Å². The molecule has 2 aromatic rings. The number of rotatable bonds is 11. The Morgan fingerprint density at radius 1 is 1.19 bits per heavy atom. The molecule has 0 atom stereocenters. The van der Waals surface area contributed by atoms with E-state index in [1.54, 1.807) is 18.4 Å². The molecule has 2 rings (SSSR count). The van der Waals surface area contributed by atoms with E-state index < -0.39 is 0 Å². The van der Waals surface area contributed by atoms with Crippen LogP contribution in [0.3, 0.4) is 0 Å². The van der Waals surface area contributed by atoms with Gasteiger partial charge in [-0.1, -0.05) is 12.1 Å². The van der Waals surface area contributed by atoms with Gasteiger partial charge in [0.05, 0.1) is 24.4 Å². The number of nitrogens with one attached hydrogen (secondary N) is 2. The van der Waals surface area contributed by atoms with E-state index in [1.165, 1.54) is 0 Å². The second kappa shape index (κ2) is 12.3. The van der Waals surface area contributed by atoms with Crippen molar-refractivity contribution in [3.8, 4) is 5.75 Å². The zero-order valence-corrected chi connectivity index (χ0v) is 17.3. The van der Waals surface area contributed by atoms with Crippen molar-refractivity contribution in [2.45, 2.75) is 33.2 Å². The molecule has 0 unspecified atom stereocenters. The van der Waals surface area contributed by atoms with Crippen LogP contribution >= 0.6 is 11.3 Å². The van der Waals surface area contributed by atoms with Gasteiger partial charge in [0.2, 0.25) is 0 Å². The number of aromatic nitrogens is 1. The first-order chi connectivity index (χ1) is 13.2. The molecule has 0 fully saturated rings. The topological polar surface area (TPSA) is 67.8 Å². The van der Waals surface area contributed by atoms with Crippen molar-refractivity contribution >= 4 is 17.3 Å². The third-order valence-electron chi connectivity index (χ3n) is 3.88. The van der Waals surface area contributed by atoms with Crippen LogP contribution in [-0.4, -0.2) is 44.4 Å². The van der Waals surface area contributed by atoms with Crippen LogP contribution < -0.4 is 15.4 Å². The van der Waals surface area contributed by atoms with Crippen LogP contribution in [0.1, 0.15) is 29.6 Å². The fourth-order valence-corrected chi connectivity index (χ4v) is 3.08. The molecule has 2 N–H and O–H groups in total. The highest BCUT2D eigenvalue weighted by Gasteiger charge is 2.02. The van der Waals surface area contributed by atoms with E-state index in [-0.39, 0.29) is 0 Å². The van der Waals surface area contributed by atoms with Gasteiger partial charge in [-0.3, -0.25) is 0 Å². The summed E-state index contributed by atoms with van der Waals surface area (Å²) in [5.41, 5.74) is 2.26. The monoisotopic (exact) mass is 390 g/mol. The molecule has 6 nitrogen and oxygen atoms in total. The molecule has 0 bridgehead atoms. The fourth-order valence-electron chi connectivity index (χ4n) is 2.43. The van der Waals surface area contributed by atoms with Gasteiger partial charge < -0.3 is 20.1 Å². The number of thiazole rings is 1. The highest BCUT2D eigenvalue weighted by Crippen LogP contribution is 2.12. The summed E-state index contributed by atoms with van der Waals surface area (Å²) in [4.78, 5) is 9.20. The molecule has 1 heterocycles. The number of methoxy groups -OCH3 is 1. The van der Waals surface area contributed by atoms with Gasteiger partial charge in [-0.05, 0) is 38.0 Å². The molecule has 0 saturated heterocycles. The smallest absolute Gasteiger partial charge is 0.191 e. The Hall–Kier alpha value is -2.12. The molecule has 27 heavy (non-hydrogen) atoms. The number of hydrogen-bond donors (Lipinski definition) is 2. The van der Waals surface area contributed by atoms with Gasteiger partial charge in [-0.2, -0.15) is 0 Å². The Labute approximate surface area is 166 Å². The minimum Gasteiger partial charge on any atom is -0.497 e. The van der Waals surface area contributed by atoms with Gasteiger partial charge in [0.25, 0.3) is 0 Å². The van der Waals surface area contributed by atoms with Crippen molar-refractivity contribution in [2.24, 2.45) is 4.99 Å². The Morgan fingerprint density at radius 3 is 2.63 bits per heavy atom. The molecule has 0 spiro atoms. The first-order valence-corrected chi connectivity index (χ1v) is 10.2. The van der Waals surface area contributed by atoms with Crippen molar-refractivity contribution in [1.29, 1.82) is 0 Å². The quantitative estimate of drug-likeness (QED) is 0.350. The fraction of sp³-hybridized carbons (Fsp3) is 0.500. The second-order valence-electron chi connectivity index (χ2n) is 6.02. The first-order valence-electron chi connectivity index (χ1n) is 9.35. The predicted octanol–water partition coefficient (Wildman–Crippen LogP) is 3.16. The summed E-state index contributed by atoms with van der Waals surface area (Å²) in [7, 11) is 1.67. The minimum absolute atomic E-state index is 0.612. The first kappa shape index (κ1) is 21.2. The van der Waals surface area contributed by atoms with E-state index in [1.807, 2.05) is 38.1 Å². The number of hydrogen-bond acceptors (Lipinski definition) is 5. The molecule has 148 valence electrons. The van der Waals surface area contributed by atoms with E-state index in [0.29, 0.717) is 6.54 Å². The van der Waals surface area contributed by atoms with Crippen LogP contribution in [0.5, 0.6) is 5.75 Å². The number of aliphatic imine (C=N–C) groups is 1. The van der Waals surface area contributed by atoms with E-state index in [9.17, 15) is 0 Å². The summed E-state index contributed by atoms with van der Waals surface area (Å²) >= 11 is 1.69. The summed E-state index contributed by atoms with van der Waals surface area (Å²) in [6, 6.07) is 7.98. The maximum absolute atomic E-state index is 5.39. The molecular formula is C20H30N4O2S. The van der Waals surface area contributed by atoms with Crippen LogP contribution in [0.25, 0.3) is 0 Å². The Morgan fingerprint density at radius 2 is 1.96 bits per heavy atom. The molecule has 1 aromatic heterocycles. The van der Waals surface area contributed by atoms with Crippen molar-refractivity contribution in [1.82, 2.24) is 15.6 Å². The van der Waals surface area contributed by atoms with Gasteiger partial charge in [0.1, 0.15) is 5.75 Å². The Balaban J connectivity index is 1.86. The lowest BCUT2D eigenvalue weighted by Crippen LogP contribution is -2.39. The largest absolute Gasteiger partial charge is 0.497 e. The van der Waals surface area contributed by atoms with Crippen molar-refractivity contribution in [3.63, 3.8) is 0 Å². The molecule has 0 amide bonds. The van der Waals surface area contributed by atoms with Gasteiger partial charge >= 0.3 is 0 Å². The van der Waals surface area contributed by atoms with E-state index >= 15 is 0 Å². The average molecular weight is 391 g/mol. The number of aryl methyl sites for hydroxylation is 1. The minimum atomic E-state index is 0.612. The molecule has 0 radical (unpaired) electrons. The van der Waals surface area contributed by atoms with Crippen LogP contribution in [0.4, 0.5) is 0 Å². The highest BCUT2D eigenvalue weighted by molar-refractivity contribution is 7.09. The predicted molar refractivity (Wildman–Crippen MR) is 112 cm³/mol. The lowest BCUT2D eigenvalue weighted by molar-refractivity contribution is 0.145. The molecule has 0 aliphatic rings. The summed E-state index contributed by atoms with van der Waals surface area (Å²) in [6.07, 6.45) is 1.83. The van der Waals surface area contributed by atoms with Gasteiger partial charge in [-0.25, -0.2) is 9.98 Å². The van der Waals surface area contributed by atoms with Crippen LogP contribution in [0.15, 0.2) is 34.6 Å². The van der Waals surface area contributed by atoms with Gasteiger partial charge in [-0.15, -0.1) is 11.3 Å². The molecule has 0 aliphatic heterocycles. The van der Waals surface area contributed by atoms with E-state index in [4.69, 9.17) is 14.5 Å². The van der Waals surface area contributed by atoms with E-state index in [2.05, 4.69) is 21.0 Å². The Bertz CT molecular complexity index is 686. The van der Waals surface area contributed by atoms with Gasteiger partial charge in [0.15, 0.2) is 5.96 Å².